The number of thioether (sulfide) groups is 1. The van der Waals surface area contributed by atoms with E-state index in [1.807, 2.05) is 41.8 Å². The Morgan fingerprint density at radius 2 is 1.96 bits per heavy atom. The Balaban J connectivity index is 1.54. The van der Waals surface area contributed by atoms with Gasteiger partial charge >= 0.3 is 0 Å². The van der Waals surface area contributed by atoms with E-state index in [2.05, 4.69) is 26.0 Å². The molecule has 0 aliphatic carbocycles. The summed E-state index contributed by atoms with van der Waals surface area (Å²) < 4.78 is 7.55. The molecule has 0 radical (unpaired) electrons. The molecule has 2 heterocycles. The molecular formula is C22H28N2O3S. The second-order valence-electron chi connectivity index (χ2n) is 7.59. The summed E-state index contributed by atoms with van der Waals surface area (Å²) in [5.74, 6) is 0.702. The van der Waals surface area contributed by atoms with E-state index in [-0.39, 0.29) is 17.6 Å². The molecule has 0 saturated carbocycles. The Bertz CT molecular complexity index is 890. The van der Waals surface area contributed by atoms with Gasteiger partial charge in [-0.2, -0.15) is 0 Å². The van der Waals surface area contributed by atoms with Crippen LogP contribution in [0.5, 0.6) is 5.75 Å². The van der Waals surface area contributed by atoms with Crippen molar-refractivity contribution in [1.29, 1.82) is 0 Å². The minimum Gasteiger partial charge on any atom is -0.488 e. The van der Waals surface area contributed by atoms with Crippen LogP contribution in [0.1, 0.15) is 31.5 Å². The van der Waals surface area contributed by atoms with Gasteiger partial charge in [0.1, 0.15) is 11.9 Å². The van der Waals surface area contributed by atoms with Crippen molar-refractivity contribution in [2.45, 2.75) is 49.9 Å². The third-order valence-electron chi connectivity index (χ3n) is 4.93. The highest BCUT2D eigenvalue weighted by molar-refractivity contribution is 7.99. The standard InChI is InChI=1S/C22H28N2O3S/c1-15(2)28-20-7-5-17(6-8-20)12-22(26)24-10-9-18(14-24)27-19-11-16(3)23(4)21(25)13-19/h5-8,11,13,15,18H,9-10,12,14H2,1-4H3. The Kier molecular flexibility index (Phi) is 6.50. The minimum absolute atomic E-state index is 0.0692. The van der Waals surface area contributed by atoms with Crippen molar-refractivity contribution in [3.63, 3.8) is 0 Å². The van der Waals surface area contributed by atoms with Crippen LogP contribution in [0, 0.1) is 6.92 Å². The highest BCUT2D eigenvalue weighted by Crippen LogP contribution is 2.23. The molecule has 1 aliphatic heterocycles. The van der Waals surface area contributed by atoms with Crippen LogP contribution in [-0.2, 0) is 18.3 Å². The number of carbonyl (C=O) groups is 1. The van der Waals surface area contributed by atoms with Gasteiger partial charge in [-0.3, -0.25) is 9.59 Å². The quantitative estimate of drug-likeness (QED) is 0.697. The number of carbonyl (C=O) groups excluding carboxylic acids is 1. The lowest BCUT2D eigenvalue weighted by Gasteiger charge is -2.18. The highest BCUT2D eigenvalue weighted by atomic mass is 32.2. The summed E-state index contributed by atoms with van der Waals surface area (Å²) in [6.07, 6.45) is 1.12. The summed E-state index contributed by atoms with van der Waals surface area (Å²) in [5.41, 5.74) is 1.80. The van der Waals surface area contributed by atoms with E-state index in [0.717, 1.165) is 17.7 Å². The van der Waals surface area contributed by atoms with Crippen LogP contribution in [0.2, 0.25) is 0 Å². The van der Waals surface area contributed by atoms with Crippen LogP contribution in [0.4, 0.5) is 0 Å². The van der Waals surface area contributed by atoms with Gasteiger partial charge in [-0.1, -0.05) is 26.0 Å². The Hall–Kier alpha value is -2.21. The molecule has 1 aromatic carbocycles. The zero-order valence-electron chi connectivity index (χ0n) is 17.0. The van der Waals surface area contributed by atoms with Crippen molar-refractivity contribution in [3.8, 4) is 5.75 Å². The maximum Gasteiger partial charge on any atom is 0.254 e. The van der Waals surface area contributed by atoms with Gasteiger partial charge in [0.2, 0.25) is 5.91 Å². The van der Waals surface area contributed by atoms with Gasteiger partial charge in [-0.15, -0.1) is 11.8 Å². The molecule has 6 heteroatoms. The summed E-state index contributed by atoms with van der Waals surface area (Å²) in [5, 5.41) is 0.544. The van der Waals surface area contributed by atoms with E-state index in [1.54, 1.807) is 11.6 Å². The molecule has 1 amide bonds. The Labute approximate surface area is 170 Å². The van der Waals surface area contributed by atoms with Crippen molar-refractivity contribution >= 4 is 17.7 Å². The number of hydrogen-bond donors (Lipinski definition) is 0. The van der Waals surface area contributed by atoms with E-state index < -0.39 is 0 Å². The fourth-order valence-electron chi connectivity index (χ4n) is 3.29. The number of amides is 1. The van der Waals surface area contributed by atoms with Crippen molar-refractivity contribution < 1.29 is 9.53 Å². The number of aromatic nitrogens is 1. The maximum absolute atomic E-state index is 12.6. The molecule has 0 N–H and O–H groups in total. The topological polar surface area (TPSA) is 51.5 Å². The predicted molar refractivity (Wildman–Crippen MR) is 113 cm³/mol. The van der Waals surface area contributed by atoms with Crippen LogP contribution < -0.4 is 10.3 Å². The van der Waals surface area contributed by atoms with Crippen molar-refractivity contribution in [2.24, 2.45) is 7.05 Å². The fourth-order valence-corrected chi connectivity index (χ4v) is 4.13. The molecule has 0 spiro atoms. The molecule has 5 nitrogen and oxygen atoms in total. The predicted octanol–water partition coefficient (Wildman–Crippen LogP) is 3.42. The largest absolute Gasteiger partial charge is 0.488 e. The first-order valence-electron chi connectivity index (χ1n) is 9.69. The number of rotatable bonds is 6. The van der Waals surface area contributed by atoms with Crippen molar-refractivity contribution in [2.75, 3.05) is 13.1 Å². The van der Waals surface area contributed by atoms with E-state index >= 15 is 0 Å². The minimum atomic E-state index is -0.0833. The van der Waals surface area contributed by atoms with Gasteiger partial charge in [-0.05, 0) is 30.7 Å². The zero-order chi connectivity index (χ0) is 20.3. The third-order valence-corrected chi connectivity index (χ3v) is 5.94. The average Bonchev–Trinajstić information content (AvgIpc) is 3.09. The molecule has 1 saturated heterocycles. The molecule has 28 heavy (non-hydrogen) atoms. The molecule has 1 fully saturated rings. The number of benzene rings is 1. The van der Waals surface area contributed by atoms with Gasteiger partial charge in [0.15, 0.2) is 0 Å². The number of pyridine rings is 1. The lowest BCUT2D eigenvalue weighted by atomic mass is 10.1. The van der Waals surface area contributed by atoms with E-state index in [4.69, 9.17) is 4.74 Å². The molecule has 150 valence electrons. The first-order chi connectivity index (χ1) is 13.3. The SMILES string of the molecule is Cc1cc(OC2CCN(C(=O)Cc3ccc(SC(C)C)cc3)C2)cc(=O)n1C. The Morgan fingerprint density at radius 1 is 1.25 bits per heavy atom. The zero-order valence-corrected chi connectivity index (χ0v) is 17.8. The van der Waals surface area contributed by atoms with Crippen molar-refractivity contribution in [3.05, 3.63) is 58.0 Å². The highest BCUT2D eigenvalue weighted by Gasteiger charge is 2.27. The monoisotopic (exact) mass is 400 g/mol. The molecule has 1 aromatic heterocycles. The number of ether oxygens (including phenoxy) is 1. The third kappa shape index (κ3) is 5.19. The number of aryl methyl sites for hydroxylation is 1. The molecular weight excluding hydrogens is 372 g/mol. The first-order valence-corrected chi connectivity index (χ1v) is 10.6. The lowest BCUT2D eigenvalue weighted by Crippen LogP contribution is -2.32. The lowest BCUT2D eigenvalue weighted by molar-refractivity contribution is -0.129. The summed E-state index contributed by atoms with van der Waals surface area (Å²) in [6.45, 7) is 7.47. The average molecular weight is 401 g/mol. The van der Waals surface area contributed by atoms with Crippen LogP contribution in [0.25, 0.3) is 0 Å². The second kappa shape index (κ2) is 8.86. The summed E-state index contributed by atoms with van der Waals surface area (Å²) in [4.78, 5) is 27.6. The summed E-state index contributed by atoms with van der Waals surface area (Å²) in [6, 6.07) is 11.6. The van der Waals surface area contributed by atoms with Gasteiger partial charge in [0, 0.05) is 41.9 Å². The first kappa shape index (κ1) is 20.5. The summed E-state index contributed by atoms with van der Waals surface area (Å²) >= 11 is 1.82. The van der Waals surface area contributed by atoms with Crippen LogP contribution >= 0.6 is 11.8 Å². The van der Waals surface area contributed by atoms with Crippen molar-refractivity contribution in [1.82, 2.24) is 9.47 Å². The second-order valence-corrected chi connectivity index (χ2v) is 9.24. The normalized spacial score (nSPS) is 16.6. The number of hydrogen-bond acceptors (Lipinski definition) is 4. The molecule has 0 bridgehead atoms. The molecule has 1 unspecified atom stereocenters. The fraction of sp³-hybridized carbons (Fsp3) is 0.455. The molecule has 3 rings (SSSR count). The van der Waals surface area contributed by atoms with E-state index in [9.17, 15) is 9.59 Å². The van der Waals surface area contributed by atoms with Crippen LogP contribution in [0.3, 0.4) is 0 Å². The van der Waals surface area contributed by atoms with Gasteiger partial charge < -0.3 is 14.2 Å². The van der Waals surface area contributed by atoms with E-state index in [0.29, 0.717) is 30.5 Å². The number of nitrogens with zero attached hydrogens (tertiary/aromatic N) is 2. The van der Waals surface area contributed by atoms with Gasteiger partial charge in [0.05, 0.1) is 13.0 Å². The van der Waals surface area contributed by atoms with Gasteiger partial charge in [-0.25, -0.2) is 0 Å². The van der Waals surface area contributed by atoms with Crippen LogP contribution in [0.15, 0.2) is 46.1 Å². The Morgan fingerprint density at radius 3 is 2.61 bits per heavy atom. The number of likely N-dealkylation sites (tertiary alicyclic amines) is 1. The maximum atomic E-state index is 12.6. The van der Waals surface area contributed by atoms with Crippen LogP contribution in [-0.4, -0.2) is 39.8 Å². The summed E-state index contributed by atoms with van der Waals surface area (Å²) in [7, 11) is 1.74. The smallest absolute Gasteiger partial charge is 0.254 e. The van der Waals surface area contributed by atoms with Gasteiger partial charge in [0.25, 0.3) is 5.56 Å². The van der Waals surface area contributed by atoms with E-state index in [1.165, 1.54) is 11.0 Å². The molecule has 1 aliphatic rings. The molecule has 2 aromatic rings. The molecule has 1 atom stereocenters.